The molecule has 2 atom stereocenters. The highest BCUT2D eigenvalue weighted by atomic mass is 16.2. The summed E-state index contributed by atoms with van der Waals surface area (Å²) >= 11 is 0. The van der Waals surface area contributed by atoms with E-state index in [9.17, 15) is 9.59 Å². The topological polar surface area (TPSA) is 53.2 Å². The van der Waals surface area contributed by atoms with Crippen molar-refractivity contribution < 1.29 is 4.79 Å². The van der Waals surface area contributed by atoms with Gasteiger partial charge in [0.15, 0.2) is 0 Å². The molecule has 1 aromatic carbocycles. The molecule has 0 spiro atoms. The first kappa shape index (κ1) is 16.1. The summed E-state index contributed by atoms with van der Waals surface area (Å²) in [4.78, 5) is 29.0. The van der Waals surface area contributed by atoms with E-state index in [4.69, 9.17) is 0 Å². The highest BCUT2D eigenvalue weighted by Gasteiger charge is 2.32. The van der Waals surface area contributed by atoms with E-state index < -0.39 is 0 Å². The maximum Gasteiger partial charge on any atom is 0.254 e. The Morgan fingerprint density at radius 3 is 2.92 bits per heavy atom. The van der Waals surface area contributed by atoms with Crippen molar-refractivity contribution in [3.05, 3.63) is 69.6 Å². The number of likely N-dealkylation sites (tertiary alicyclic amines) is 1. The van der Waals surface area contributed by atoms with Gasteiger partial charge in [-0.15, -0.1) is 0 Å². The molecule has 0 radical (unpaired) electrons. The van der Waals surface area contributed by atoms with Crippen LogP contribution in [0.15, 0.2) is 47.4 Å². The zero-order valence-electron chi connectivity index (χ0n) is 14.4. The fourth-order valence-corrected chi connectivity index (χ4v) is 4.52. The normalized spacial score (nSPS) is 22.6. The maximum absolute atomic E-state index is 12.9. The van der Waals surface area contributed by atoms with Gasteiger partial charge >= 0.3 is 0 Å². The van der Waals surface area contributed by atoms with Crippen molar-refractivity contribution in [2.24, 2.45) is 0 Å². The van der Waals surface area contributed by atoms with Gasteiger partial charge in [0, 0.05) is 30.4 Å². The van der Waals surface area contributed by atoms with E-state index in [2.05, 4.69) is 29.2 Å². The van der Waals surface area contributed by atoms with E-state index in [1.165, 1.54) is 36.5 Å². The first-order chi connectivity index (χ1) is 12.2. The molecule has 130 valence electrons. The molecule has 25 heavy (non-hydrogen) atoms. The van der Waals surface area contributed by atoms with Gasteiger partial charge in [-0.05, 0) is 61.6 Å². The predicted octanol–water partition coefficient (Wildman–Crippen LogP) is 3.49. The molecule has 4 rings (SSSR count). The number of nitrogens with zero attached hydrogens (tertiary/aromatic N) is 1. The monoisotopic (exact) mass is 336 g/mol. The number of aromatic amines is 1. The number of carbonyl (C=O) groups is 1. The molecule has 1 fully saturated rings. The molecule has 2 aromatic rings. The lowest BCUT2D eigenvalue weighted by Crippen LogP contribution is -2.37. The number of pyridine rings is 1. The molecule has 1 saturated heterocycles. The van der Waals surface area contributed by atoms with Crippen LogP contribution in [0.2, 0.25) is 0 Å². The highest BCUT2D eigenvalue weighted by Crippen LogP contribution is 2.37. The van der Waals surface area contributed by atoms with Crippen molar-refractivity contribution in [3.8, 4) is 0 Å². The summed E-state index contributed by atoms with van der Waals surface area (Å²) < 4.78 is 0. The lowest BCUT2D eigenvalue weighted by Gasteiger charge is -2.31. The van der Waals surface area contributed by atoms with Gasteiger partial charge < -0.3 is 9.88 Å². The van der Waals surface area contributed by atoms with Crippen LogP contribution < -0.4 is 5.56 Å². The van der Waals surface area contributed by atoms with Gasteiger partial charge in [-0.25, -0.2) is 0 Å². The second-order valence-electron chi connectivity index (χ2n) is 7.26. The Bertz CT molecular complexity index is 826. The Morgan fingerprint density at radius 2 is 2.04 bits per heavy atom. The molecular formula is C21H24N2O2. The number of carbonyl (C=O) groups excluding carboxylic acids is 1. The summed E-state index contributed by atoms with van der Waals surface area (Å²) in [6.07, 6.45) is 8.31. The third kappa shape index (κ3) is 3.26. The second-order valence-corrected chi connectivity index (χ2v) is 7.26. The van der Waals surface area contributed by atoms with Crippen LogP contribution in [0.3, 0.4) is 0 Å². The largest absolute Gasteiger partial charge is 0.336 e. The predicted molar refractivity (Wildman–Crippen MR) is 97.9 cm³/mol. The van der Waals surface area contributed by atoms with E-state index in [1.807, 2.05) is 4.90 Å². The average Bonchev–Trinajstić information content (AvgIpc) is 3.09. The number of nitrogens with one attached hydrogen (secondary N) is 1. The fraction of sp³-hybridized carbons (Fsp3) is 0.429. The van der Waals surface area contributed by atoms with Crippen LogP contribution in [0.25, 0.3) is 0 Å². The lowest BCUT2D eigenvalue weighted by molar-refractivity contribution is 0.0723. The molecular weight excluding hydrogens is 312 g/mol. The molecule has 4 heteroatoms. The van der Waals surface area contributed by atoms with Crippen LogP contribution in [0.1, 0.15) is 59.5 Å². The summed E-state index contributed by atoms with van der Waals surface area (Å²) in [6, 6.07) is 12.2. The van der Waals surface area contributed by atoms with Crippen LogP contribution in [-0.4, -0.2) is 28.4 Å². The van der Waals surface area contributed by atoms with Crippen molar-refractivity contribution in [3.63, 3.8) is 0 Å². The zero-order chi connectivity index (χ0) is 17.2. The van der Waals surface area contributed by atoms with E-state index in [0.717, 1.165) is 25.8 Å². The molecule has 2 unspecified atom stereocenters. The lowest BCUT2D eigenvalue weighted by atomic mass is 9.79. The molecule has 2 heterocycles. The van der Waals surface area contributed by atoms with E-state index in [-0.39, 0.29) is 17.5 Å². The number of fused-ring (bicyclic) bond motifs is 1. The number of hydrogen-bond donors (Lipinski definition) is 1. The highest BCUT2D eigenvalue weighted by molar-refractivity contribution is 5.94. The number of H-pyrrole nitrogens is 1. The van der Waals surface area contributed by atoms with Gasteiger partial charge in [0.05, 0.1) is 0 Å². The number of rotatable bonds is 3. The molecule has 1 aliphatic carbocycles. The molecule has 1 aromatic heterocycles. The molecule has 1 aliphatic heterocycles. The maximum atomic E-state index is 12.9. The Labute approximate surface area is 147 Å². The van der Waals surface area contributed by atoms with Crippen molar-refractivity contribution in [1.29, 1.82) is 0 Å². The summed E-state index contributed by atoms with van der Waals surface area (Å²) in [6.45, 7) is 0.796. The quantitative estimate of drug-likeness (QED) is 0.933. The van der Waals surface area contributed by atoms with Crippen LogP contribution in [0.4, 0.5) is 0 Å². The Kier molecular flexibility index (Phi) is 4.43. The Hall–Kier alpha value is -2.36. The van der Waals surface area contributed by atoms with Crippen molar-refractivity contribution in [2.75, 3.05) is 6.54 Å². The minimum absolute atomic E-state index is 0.00213. The molecule has 1 N–H and O–H groups in total. The molecule has 2 aliphatic rings. The molecule has 0 bridgehead atoms. The van der Waals surface area contributed by atoms with Gasteiger partial charge in [0.25, 0.3) is 5.91 Å². The van der Waals surface area contributed by atoms with E-state index >= 15 is 0 Å². The van der Waals surface area contributed by atoms with Gasteiger partial charge in [-0.2, -0.15) is 0 Å². The van der Waals surface area contributed by atoms with Crippen LogP contribution >= 0.6 is 0 Å². The Morgan fingerprint density at radius 1 is 1.16 bits per heavy atom. The summed E-state index contributed by atoms with van der Waals surface area (Å²) in [5.74, 6) is 0.542. The number of amides is 1. The van der Waals surface area contributed by atoms with Gasteiger partial charge in [-0.3, -0.25) is 9.59 Å². The van der Waals surface area contributed by atoms with Crippen LogP contribution in [-0.2, 0) is 6.42 Å². The van der Waals surface area contributed by atoms with Crippen molar-refractivity contribution in [1.82, 2.24) is 9.88 Å². The van der Waals surface area contributed by atoms with Gasteiger partial charge in [0.2, 0.25) is 5.56 Å². The van der Waals surface area contributed by atoms with Gasteiger partial charge in [-0.1, -0.05) is 24.3 Å². The molecule has 1 amide bonds. The number of aromatic nitrogens is 1. The zero-order valence-corrected chi connectivity index (χ0v) is 14.4. The van der Waals surface area contributed by atoms with E-state index in [0.29, 0.717) is 11.5 Å². The van der Waals surface area contributed by atoms with Crippen molar-refractivity contribution in [2.45, 2.75) is 50.5 Å². The van der Waals surface area contributed by atoms with E-state index in [1.54, 1.807) is 12.3 Å². The average molecular weight is 336 g/mol. The smallest absolute Gasteiger partial charge is 0.254 e. The number of benzene rings is 1. The third-order valence-corrected chi connectivity index (χ3v) is 5.71. The molecule has 0 saturated carbocycles. The number of hydrogen-bond acceptors (Lipinski definition) is 2. The standard InChI is InChI=1S/C21H24N2O2/c24-20-14-17(10-11-22-20)21(25)23-12-4-8-18(23)13-16-7-3-6-15-5-1-2-9-19(15)16/h1-2,5,9-11,14,16,18H,3-4,6-8,12-13H2,(H,22,24). The van der Waals surface area contributed by atoms with Crippen LogP contribution in [0.5, 0.6) is 0 Å². The Balaban J connectivity index is 1.53. The first-order valence-corrected chi connectivity index (χ1v) is 9.30. The van der Waals surface area contributed by atoms with Crippen molar-refractivity contribution >= 4 is 5.91 Å². The van der Waals surface area contributed by atoms with Crippen LogP contribution in [0, 0.1) is 0 Å². The minimum Gasteiger partial charge on any atom is -0.336 e. The van der Waals surface area contributed by atoms with Gasteiger partial charge in [0.1, 0.15) is 0 Å². The SMILES string of the molecule is O=C(c1cc[nH]c(=O)c1)N1CCCC1CC1CCCc2ccccc21. The minimum atomic E-state index is -0.220. The number of aryl methyl sites for hydroxylation is 1. The third-order valence-electron chi connectivity index (χ3n) is 5.71. The molecule has 4 nitrogen and oxygen atoms in total. The summed E-state index contributed by atoms with van der Waals surface area (Å²) in [5.41, 5.74) is 3.23. The summed E-state index contributed by atoms with van der Waals surface area (Å²) in [5, 5.41) is 0. The second kappa shape index (κ2) is 6.87. The fourth-order valence-electron chi connectivity index (χ4n) is 4.52. The first-order valence-electron chi connectivity index (χ1n) is 9.30. The summed E-state index contributed by atoms with van der Waals surface area (Å²) in [7, 11) is 0.